The van der Waals surface area contributed by atoms with Gasteiger partial charge in [0.15, 0.2) is 5.96 Å². The molecule has 162 valence electrons. The van der Waals surface area contributed by atoms with E-state index in [-0.39, 0.29) is 11.8 Å². The van der Waals surface area contributed by atoms with Crippen LogP contribution < -0.4 is 11.1 Å². The average Bonchev–Trinajstić information content (AvgIpc) is 3.25. The highest BCUT2D eigenvalue weighted by Crippen LogP contribution is 2.16. The molecule has 0 radical (unpaired) electrons. The molecular formula is C20H35N7O2. The molecule has 2 fully saturated rings. The quantitative estimate of drug-likeness (QED) is 0.365. The van der Waals surface area contributed by atoms with E-state index in [9.17, 15) is 4.79 Å². The summed E-state index contributed by atoms with van der Waals surface area (Å²) in [5.74, 6) is 0.931. The lowest BCUT2D eigenvalue weighted by molar-refractivity contribution is -0.123. The minimum atomic E-state index is -0.140. The topological polar surface area (TPSA) is 103 Å². The fourth-order valence-corrected chi connectivity index (χ4v) is 4.10. The lowest BCUT2D eigenvalue weighted by atomic mass is 9.96. The van der Waals surface area contributed by atoms with Crippen LogP contribution in [-0.2, 0) is 11.3 Å². The molecule has 3 rings (SSSR count). The van der Waals surface area contributed by atoms with Gasteiger partial charge in [-0.15, -0.1) is 0 Å². The molecule has 0 unspecified atom stereocenters. The van der Waals surface area contributed by atoms with Crippen LogP contribution in [0, 0.1) is 5.92 Å². The van der Waals surface area contributed by atoms with Gasteiger partial charge in [0, 0.05) is 58.3 Å². The van der Waals surface area contributed by atoms with E-state index in [1.807, 2.05) is 13.1 Å². The molecule has 0 atom stereocenters. The Labute approximate surface area is 173 Å². The van der Waals surface area contributed by atoms with Crippen LogP contribution in [0.4, 0.5) is 0 Å². The van der Waals surface area contributed by atoms with Crippen LogP contribution >= 0.6 is 0 Å². The number of nitrogens with two attached hydrogens (primary N) is 1. The van der Waals surface area contributed by atoms with Crippen molar-refractivity contribution in [2.45, 2.75) is 32.2 Å². The smallest absolute Gasteiger partial charge is 0.220 e. The van der Waals surface area contributed by atoms with Gasteiger partial charge in [-0.05, 0) is 45.3 Å². The SMILES string of the molecule is CN=C(NCCCCN1CCC(C(N)=O)CC1)N1CCN(Cc2ccon2)CC1. The molecule has 0 aromatic carbocycles. The third kappa shape index (κ3) is 6.71. The lowest BCUT2D eigenvalue weighted by Crippen LogP contribution is -2.52. The summed E-state index contributed by atoms with van der Waals surface area (Å²) in [6, 6.07) is 1.92. The van der Waals surface area contributed by atoms with Gasteiger partial charge in [0.25, 0.3) is 0 Å². The number of carbonyl (C=O) groups excluding carboxylic acids is 1. The number of guanidine groups is 1. The van der Waals surface area contributed by atoms with Crippen molar-refractivity contribution in [3.63, 3.8) is 0 Å². The average molecular weight is 406 g/mol. The molecule has 3 heterocycles. The zero-order valence-electron chi connectivity index (χ0n) is 17.6. The number of primary amides is 1. The van der Waals surface area contributed by atoms with E-state index in [0.717, 1.165) is 96.2 Å². The third-order valence-corrected chi connectivity index (χ3v) is 5.93. The van der Waals surface area contributed by atoms with Crippen LogP contribution in [0.3, 0.4) is 0 Å². The first-order valence-electron chi connectivity index (χ1n) is 10.7. The molecule has 1 aromatic rings. The van der Waals surface area contributed by atoms with Gasteiger partial charge in [0.1, 0.15) is 6.26 Å². The molecule has 1 amide bonds. The number of rotatable bonds is 8. The molecule has 29 heavy (non-hydrogen) atoms. The van der Waals surface area contributed by atoms with Crippen molar-refractivity contribution in [3.05, 3.63) is 18.0 Å². The van der Waals surface area contributed by atoms with Gasteiger partial charge in [-0.25, -0.2) is 0 Å². The number of amides is 1. The first-order chi connectivity index (χ1) is 14.2. The summed E-state index contributed by atoms with van der Waals surface area (Å²) in [6.45, 7) is 8.76. The Hall–Kier alpha value is -2.13. The first kappa shape index (κ1) is 21.6. The number of aromatic nitrogens is 1. The fourth-order valence-electron chi connectivity index (χ4n) is 4.10. The maximum absolute atomic E-state index is 11.2. The number of nitrogens with zero attached hydrogens (tertiary/aromatic N) is 5. The monoisotopic (exact) mass is 405 g/mol. The molecule has 0 bridgehead atoms. The molecule has 0 spiro atoms. The number of unbranched alkanes of at least 4 members (excludes halogenated alkanes) is 1. The van der Waals surface area contributed by atoms with Gasteiger partial charge < -0.3 is 25.4 Å². The van der Waals surface area contributed by atoms with Crippen molar-refractivity contribution in [2.24, 2.45) is 16.6 Å². The molecule has 1 aromatic heterocycles. The summed E-state index contributed by atoms with van der Waals surface area (Å²) in [6.07, 6.45) is 5.70. The zero-order valence-corrected chi connectivity index (χ0v) is 17.6. The normalized spacial score (nSPS) is 20.2. The Morgan fingerprint density at radius 1 is 1.21 bits per heavy atom. The second-order valence-corrected chi connectivity index (χ2v) is 7.95. The van der Waals surface area contributed by atoms with Gasteiger partial charge in [0.05, 0.1) is 5.69 Å². The van der Waals surface area contributed by atoms with E-state index < -0.39 is 0 Å². The van der Waals surface area contributed by atoms with Gasteiger partial charge >= 0.3 is 0 Å². The van der Waals surface area contributed by atoms with Crippen LogP contribution in [0.2, 0.25) is 0 Å². The van der Waals surface area contributed by atoms with Gasteiger partial charge in [-0.1, -0.05) is 5.16 Å². The van der Waals surface area contributed by atoms with E-state index in [4.69, 9.17) is 10.3 Å². The van der Waals surface area contributed by atoms with Crippen molar-refractivity contribution in [1.82, 2.24) is 25.2 Å². The minimum Gasteiger partial charge on any atom is -0.369 e. The maximum Gasteiger partial charge on any atom is 0.220 e. The van der Waals surface area contributed by atoms with E-state index in [1.54, 1.807) is 6.26 Å². The summed E-state index contributed by atoms with van der Waals surface area (Å²) < 4.78 is 4.91. The molecule has 2 aliphatic heterocycles. The number of hydrogen-bond donors (Lipinski definition) is 2. The molecule has 3 N–H and O–H groups in total. The van der Waals surface area contributed by atoms with Gasteiger partial charge in [-0.3, -0.25) is 14.7 Å². The van der Waals surface area contributed by atoms with Crippen LogP contribution in [0.25, 0.3) is 0 Å². The first-order valence-corrected chi connectivity index (χ1v) is 10.7. The highest BCUT2D eigenvalue weighted by molar-refractivity contribution is 5.80. The number of likely N-dealkylation sites (tertiary alicyclic amines) is 1. The minimum absolute atomic E-state index is 0.0765. The molecule has 2 aliphatic rings. The predicted octanol–water partition coefficient (Wildman–Crippen LogP) is 0.345. The molecular weight excluding hydrogens is 370 g/mol. The number of piperazine rings is 1. The van der Waals surface area contributed by atoms with Crippen LogP contribution in [-0.4, -0.2) is 91.1 Å². The molecule has 0 aliphatic carbocycles. The number of aliphatic imine (C=N–C) groups is 1. The van der Waals surface area contributed by atoms with Crippen molar-refractivity contribution in [2.75, 3.05) is 59.4 Å². The van der Waals surface area contributed by atoms with Crippen LogP contribution in [0.1, 0.15) is 31.4 Å². The summed E-state index contributed by atoms with van der Waals surface area (Å²) >= 11 is 0. The maximum atomic E-state index is 11.2. The van der Waals surface area contributed by atoms with Crippen LogP contribution in [0.5, 0.6) is 0 Å². The number of hydrogen-bond acceptors (Lipinski definition) is 6. The van der Waals surface area contributed by atoms with Crippen molar-refractivity contribution in [1.29, 1.82) is 0 Å². The van der Waals surface area contributed by atoms with Crippen molar-refractivity contribution < 1.29 is 9.32 Å². The summed E-state index contributed by atoms with van der Waals surface area (Å²) in [4.78, 5) is 22.9. The number of carbonyl (C=O) groups is 1. The number of nitrogens with one attached hydrogen (secondary N) is 1. The molecule has 2 saturated heterocycles. The Morgan fingerprint density at radius 2 is 1.97 bits per heavy atom. The zero-order chi connectivity index (χ0) is 20.5. The Kier molecular flexibility index (Phi) is 8.30. The Bertz CT molecular complexity index is 633. The summed E-state index contributed by atoms with van der Waals surface area (Å²) in [7, 11) is 1.85. The highest BCUT2D eigenvalue weighted by atomic mass is 16.5. The van der Waals surface area contributed by atoms with Gasteiger partial charge in [-0.2, -0.15) is 0 Å². The Balaban J connectivity index is 1.27. The van der Waals surface area contributed by atoms with Gasteiger partial charge in [0.2, 0.25) is 5.91 Å². The third-order valence-electron chi connectivity index (χ3n) is 5.93. The standard InChI is InChI=1S/C20H35N7O2/c1-22-20(27-13-11-26(12-14-27)16-18-6-15-29-24-18)23-7-2-3-8-25-9-4-17(5-10-25)19(21)28/h6,15,17H,2-5,7-14,16H2,1H3,(H2,21,28)(H,22,23). The van der Waals surface area contributed by atoms with E-state index in [1.165, 1.54) is 0 Å². The van der Waals surface area contributed by atoms with Crippen molar-refractivity contribution >= 4 is 11.9 Å². The van der Waals surface area contributed by atoms with E-state index in [2.05, 4.69) is 30.2 Å². The fraction of sp³-hybridized carbons (Fsp3) is 0.750. The van der Waals surface area contributed by atoms with E-state index >= 15 is 0 Å². The molecule has 0 saturated carbocycles. The predicted molar refractivity (Wildman–Crippen MR) is 112 cm³/mol. The second kappa shape index (κ2) is 11.2. The largest absolute Gasteiger partial charge is 0.369 e. The van der Waals surface area contributed by atoms with Crippen LogP contribution in [0.15, 0.2) is 21.8 Å². The van der Waals surface area contributed by atoms with E-state index in [0.29, 0.717) is 0 Å². The molecule has 9 nitrogen and oxygen atoms in total. The Morgan fingerprint density at radius 3 is 2.59 bits per heavy atom. The summed E-state index contributed by atoms with van der Waals surface area (Å²) in [5, 5.41) is 7.50. The second-order valence-electron chi connectivity index (χ2n) is 7.95. The summed E-state index contributed by atoms with van der Waals surface area (Å²) in [5.41, 5.74) is 6.39. The highest BCUT2D eigenvalue weighted by Gasteiger charge is 2.23. The number of piperidine rings is 1. The molecule has 9 heteroatoms. The lowest BCUT2D eigenvalue weighted by Gasteiger charge is -2.36. The van der Waals surface area contributed by atoms with Crippen molar-refractivity contribution in [3.8, 4) is 0 Å².